The molecule has 0 amide bonds. The molecule has 0 aliphatic carbocycles. The Bertz CT molecular complexity index is 479. The van der Waals surface area contributed by atoms with E-state index in [9.17, 15) is 8.42 Å². The van der Waals surface area contributed by atoms with Crippen molar-refractivity contribution >= 4 is 15.7 Å². The van der Waals surface area contributed by atoms with Crippen molar-refractivity contribution in [3.05, 3.63) is 24.3 Å². The van der Waals surface area contributed by atoms with Crippen molar-refractivity contribution in [2.75, 3.05) is 45.3 Å². The molecule has 0 heterocycles. The first kappa shape index (κ1) is 15.9. The lowest BCUT2D eigenvalue weighted by atomic mass is 10.3. The SMILES string of the molecule is CN(C)S(=O)(=O)c1ccc(N(CCO)CCO)cc1. The first-order chi connectivity index (χ1) is 8.93. The molecule has 0 radical (unpaired) electrons. The summed E-state index contributed by atoms with van der Waals surface area (Å²) in [6, 6.07) is 6.38. The molecule has 0 spiro atoms. The minimum absolute atomic E-state index is 0.0300. The van der Waals surface area contributed by atoms with E-state index in [-0.39, 0.29) is 18.1 Å². The van der Waals surface area contributed by atoms with Gasteiger partial charge in [-0.3, -0.25) is 0 Å². The lowest BCUT2D eigenvalue weighted by Crippen LogP contribution is -2.29. The van der Waals surface area contributed by atoms with Crippen LogP contribution < -0.4 is 4.90 Å². The molecule has 0 atom stereocenters. The summed E-state index contributed by atoms with van der Waals surface area (Å²) in [4.78, 5) is 2.00. The Morgan fingerprint density at radius 3 is 1.84 bits per heavy atom. The molecule has 0 aliphatic heterocycles. The first-order valence-electron chi connectivity index (χ1n) is 5.92. The lowest BCUT2D eigenvalue weighted by molar-refractivity contribution is 0.281. The van der Waals surface area contributed by atoms with Gasteiger partial charge in [-0.2, -0.15) is 0 Å². The zero-order chi connectivity index (χ0) is 14.5. The minimum Gasteiger partial charge on any atom is -0.395 e. The van der Waals surface area contributed by atoms with E-state index in [1.165, 1.54) is 26.2 Å². The van der Waals surface area contributed by atoms with E-state index >= 15 is 0 Å². The third-order valence-corrected chi connectivity index (χ3v) is 4.55. The highest BCUT2D eigenvalue weighted by Crippen LogP contribution is 2.19. The summed E-state index contributed by atoms with van der Waals surface area (Å²) in [5.74, 6) is 0. The molecule has 0 saturated carbocycles. The van der Waals surface area contributed by atoms with Crippen molar-refractivity contribution in [3.8, 4) is 0 Å². The van der Waals surface area contributed by atoms with Crippen LogP contribution >= 0.6 is 0 Å². The Kier molecular flexibility index (Phi) is 5.74. The molecule has 1 aromatic carbocycles. The normalized spacial score (nSPS) is 11.8. The van der Waals surface area contributed by atoms with Gasteiger partial charge in [0.05, 0.1) is 18.1 Å². The summed E-state index contributed by atoms with van der Waals surface area (Å²) in [5.41, 5.74) is 0.765. The Balaban J connectivity index is 2.98. The topological polar surface area (TPSA) is 81.1 Å². The van der Waals surface area contributed by atoms with E-state index in [4.69, 9.17) is 10.2 Å². The minimum atomic E-state index is -3.43. The van der Waals surface area contributed by atoms with Gasteiger partial charge in [-0.1, -0.05) is 0 Å². The van der Waals surface area contributed by atoms with Crippen LogP contribution in [0.5, 0.6) is 0 Å². The molecule has 7 heteroatoms. The number of aliphatic hydroxyl groups excluding tert-OH is 2. The molecule has 0 unspecified atom stereocenters. The van der Waals surface area contributed by atoms with E-state index in [1.54, 1.807) is 17.0 Å². The van der Waals surface area contributed by atoms with Gasteiger partial charge < -0.3 is 15.1 Å². The van der Waals surface area contributed by atoms with E-state index in [1.807, 2.05) is 0 Å². The van der Waals surface area contributed by atoms with E-state index in [2.05, 4.69) is 0 Å². The van der Waals surface area contributed by atoms with E-state index < -0.39 is 10.0 Å². The van der Waals surface area contributed by atoms with Gasteiger partial charge in [-0.25, -0.2) is 12.7 Å². The van der Waals surface area contributed by atoms with Gasteiger partial charge >= 0.3 is 0 Å². The van der Waals surface area contributed by atoms with Crippen LogP contribution in [0.4, 0.5) is 5.69 Å². The zero-order valence-electron chi connectivity index (χ0n) is 11.2. The molecular weight excluding hydrogens is 268 g/mol. The van der Waals surface area contributed by atoms with Gasteiger partial charge in [0.15, 0.2) is 0 Å². The summed E-state index contributed by atoms with van der Waals surface area (Å²) in [5, 5.41) is 17.9. The highest BCUT2D eigenvalue weighted by Gasteiger charge is 2.17. The summed E-state index contributed by atoms with van der Waals surface area (Å²) in [7, 11) is -0.469. The summed E-state index contributed by atoms with van der Waals surface area (Å²) < 4.78 is 24.9. The van der Waals surface area contributed by atoms with Crippen molar-refractivity contribution in [2.24, 2.45) is 0 Å². The predicted molar refractivity (Wildman–Crippen MR) is 73.7 cm³/mol. The highest BCUT2D eigenvalue weighted by molar-refractivity contribution is 7.89. The summed E-state index contributed by atoms with van der Waals surface area (Å²) in [6.45, 7) is 0.718. The average Bonchev–Trinajstić information content (AvgIpc) is 2.38. The largest absolute Gasteiger partial charge is 0.395 e. The average molecular weight is 288 g/mol. The van der Waals surface area contributed by atoms with Crippen LogP contribution in [0.2, 0.25) is 0 Å². The molecule has 0 aromatic heterocycles. The standard InChI is InChI=1S/C12H20N2O4S/c1-13(2)19(17,18)12-5-3-11(4-6-12)14(7-9-15)8-10-16/h3-6,15-16H,7-10H2,1-2H3. The number of hydrogen-bond acceptors (Lipinski definition) is 5. The lowest BCUT2D eigenvalue weighted by Gasteiger charge is -2.23. The number of nitrogens with zero attached hydrogens (tertiary/aromatic N) is 2. The van der Waals surface area contributed by atoms with Crippen LogP contribution in [-0.4, -0.2) is 63.3 Å². The van der Waals surface area contributed by atoms with Gasteiger partial charge in [-0.05, 0) is 24.3 Å². The Morgan fingerprint density at radius 1 is 1.00 bits per heavy atom. The second-order valence-corrected chi connectivity index (χ2v) is 6.37. The van der Waals surface area contributed by atoms with E-state index in [0.29, 0.717) is 13.1 Å². The van der Waals surface area contributed by atoms with E-state index in [0.717, 1.165) is 9.99 Å². The van der Waals surface area contributed by atoms with Crippen LogP contribution in [0, 0.1) is 0 Å². The van der Waals surface area contributed by atoms with Crippen molar-refractivity contribution in [1.29, 1.82) is 0 Å². The fraction of sp³-hybridized carbons (Fsp3) is 0.500. The molecule has 6 nitrogen and oxygen atoms in total. The third-order valence-electron chi connectivity index (χ3n) is 2.72. The van der Waals surface area contributed by atoms with Gasteiger partial charge in [0.25, 0.3) is 0 Å². The first-order valence-corrected chi connectivity index (χ1v) is 7.36. The van der Waals surface area contributed by atoms with Crippen LogP contribution in [0.3, 0.4) is 0 Å². The molecule has 2 N–H and O–H groups in total. The Morgan fingerprint density at radius 2 is 1.47 bits per heavy atom. The maximum Gasteiger partial charge on any atom is 0.242 e. The van der Waals surface area contributed by atoms with Gasteiger partial charge in [-0.15, -0.1) is 0 Å². The molecule has 0 fully saturated rings. The summed E-state index contributed by atoms with van der Waals surface area (Å²) in [6.07, 6.45) is 0. The number of rotatable bonds is 7. The monoisotopic (exact) mass is 288 g/mol. The predicted octanol–water partition coefficient (Wildman–Crippen LogP) is -0.272. The smallest absolute Gasteiger partial charge is 0.242 e. The molecule has 1 aromatic rings. The van der Waals surface area contributed by atoms with Crippen molar-refractivity contribution in [1.82, 2.24) is 4.31 Å². The zero-order valence-corrected chi connectivity index (χ0v) is 12.0. The summed E-state index contributed by atoms with van der Waals surface area (Å²) >= 11 is 0. The maximum atomic E-state index is 11.9. The second kappa shape index (κ2) is 6.85. The third kappa shape index (κ3) is 3.90. The second-order valence-electron chi connectivity index (χ2n) is 4.22. The number of sulfonamides is 1. The van der Waals surface area contributed by atoms with Crippen molar-refractivity contribution in [3.63, 3.8) is 0 Å². The fourth-order valence-corrected chi connectivity index (χ4v) is 2.55. The number of anilines is 1. The molecule has 1 rings (SSSR count). The number of aliphatic hydroxyl groups is 2. The molecule has 108 valence electrons. The quantitative estimate of drug-likeness (QED) is 0.722. The van der Waals surface area contributed by atoms with Crippen LogP contribution in [0.15, 0.2) is 29.2 Å². The molecular formula is C12H20N2O4S. The van der Waals surface area contributed by atoms with Crippen LogP contribution in [0.1, 0.15) is 0 Å². The molecule has 0 bridgehead atoms. The maximum absolute atomic E-state index is 11.9. The van der Waals surface area contributed by atoms with Crippen molar-refractivity contribution < 1.29 is 18.6 Å². The van der Waals surface area contributed by atoms with Gasteiger partial charge in [0.2, 0.25) is 10.0 Å². The Hall–Kier alpha value is -1.15. The van der Waals surface area contributed by atoms with Gasteiger partial charge in [0.1, 0.15) is 0 Å². The molecule has 0 aliphatic rings. The highest BCUT2D eigenvalue weighted by atomic mass is 32.2. The van der Waals surface area contributed by atoms with Crippen LogP contribution in [0.25, 0.3) is 0 Å². The molecule has 0 saturated heterocycles. The number of hydrogen-bond donors (Lipinski definition) is 2. The van der Waals surface area contributed by atoms with Crippen molar-refractivity contribution in [2.45, 2.75) is 4.90 Å². The fourth-order valence-electron chi connectivity index (χ4n) is 1.65. The molecule has 19 heavy (non-hydrogen) atoms. The Labute approximate surface area is 113 Å². The number of benzene rings is 1. The van der Waals surface area contributed by atoms with Gasteiger partial charge in [0, 0.05) is 32.9 Å². The van der Waals surface area contributed by atoms with Crippen LogP contribution in [-0.2, 0) is 10.0 Å².